The van der Waals surface area contributed by atoms with E-state index in [2.05, 4.69) is 0 Å². The molecule has 0 aliphatic carbocycles. The van der Waals surface area contributed by atoms with Crippen LogP contribution in [0.25, 0.3) is 0 Å². The molecule has 0 N–H and O–H groups in total. The second-order valence-corrected chi connectivity index (χ2v) is 6.06. The highest BCUT2D eigenvalue weighted by Crippen LogP contribution is 2.26. The summed E-state index contributed by atoms with van der Waals surface area (Å²) in [4.78, 5) is 23.0. The molecule has 0 atom stereocenters. The average molecular weight is 356 g/mol. The van der Waals surface area contributed by atoms with Gasteiger partial charge in [0.05, 0.1) is 12.2 Å². The summed E-state index contributed by atoms with van der Waals surface area (Å²) in [6.07, 6.45) is 2.60. The Morgan fingerprint density at radius 3 is 2.19 bits per heavy atom. The monoisotopic (exact) mass is 356 g/mol. The van der Waals surface area contributed by atoms with Crippen molar-refractivity contribution in [3.63, 3.8) is 0 Å². The maximum Gasteiger partial charge on any atom is 0.343 e. The molecule has 5 heteroatoms. The minimum absolute atomic E-state index is 0.398. The van der Waals surface area contributed by atoms with E-state index in [9.17, 15) is 9.59 Å². The zero-order valence-electron chi connectivity index (χ0n) is 15.4. The summed E-state index contributed by atoms with van der Waals surface area (Å²) in [6.45, 7) is 5.15. The lowest BCUT2D eigenvalue weighted by Crippen LogP contribution is -2.10. The largest absolute Gasteiger partial charge is 0.493 e. The Bertz CT molecular complexity index is 726. The van der Waals surface area contributed by atoms with Crippen molar-refractivity contribution in [3.8, 4) is 11.5 Å². The molecule has 0 aliphatic rings. The van der Waals surface area contributed by atoms with Crippen molar-refractivity contribution >= 4 is 12.3 Å². The number of methoxy groups -OCH3 is 1. The summed E-state index contributed by atoms with van der Waals surface area (Å²) in [6, 6.07) is 9.93. The molecule has 0 aliphatic heterocycles. The first-order valence-corrected chi connectivity index (χ1v) is 8.55. The van der Waals surface area contributed by atoms with Gasteiger partial charge in [-0.25, -0.2) is 4.79 Å². The smallest absolute Gasteiger partial charge is 0.343 e. The summed E-state index contributed by atoms with van der Waals surface area (Å²) in [5, 5.41) is 0. The van der Waals surface area contributed by atoms with Gasteiger partial charge in [-0.1, -0.05) is 0 Å². The normalized spacial score (nSPS) is 10.4. The average Bonchev–Trinajstić information content (AvgIpc) is 2.63. The number of esters is 1. The molecule has 26 heavy (non-hydrogen) atoms. The summed E-state index contributed by atoms with van der Waals surface area (Å²) in [7, 11) is 1.68. The molecule has 138 valence electrons. The van der Waals surface area contributed by atoms with E-state index in [0.29, 0.717) is 23.5 Å². The van der Waals surface area contributed by atoms with Crippen LogP contribution in [-0.4, -0.2) is 32.6 Å². The van der Waals surface area contributed by atoms with Crippen molar-refractivity contribution in [3.05, 3.63) is 58.7 Å². The van der Waals surface area contributed by atoms with Gasteiger partial charge in [0.2, 0.25) is 0 Å². The maximum atomic E-state index is 12.4. The Morgan fingerprint density at radius 2 is 1.62 bits per heavy atom. The summed E-state index contributed by atoms with van der Waals surface area (Å²) in [5.41, 5.74) is 2.77. The number of aldehydes is 1. The predicted octanol–water partition coefficient (Wildman–Crippen LogP) is 4.14. The highest BCUT2D eigenvalue weighted by atomic mass is 16.5. The number of hydrogen-bond donors (Lipinski definition) is 0. The Kier molecular flexibility index (Phi) is 7.36. The van der Waals surface area contributed by atoms with E-state index in [4.69, 9.17) is 14.2 Å². The number of carbonyl (C=O) groups is 2. The Labute approximate surface area is 153 Å². The number of unbranched alkanes of at least 4 members (excludes halogenated alkanes) is 1. The van der Waals surface area contributed by atoms with Crippen LogP contribution in [0.4, 0.5) is 0 Å². The minimum atomic E-state index is -0.443. The molecule has 5 nitrogen and oxygen atoms in total. The number of hydrogen-bond acceptors (Lipinski definition) is 5. The lowest BCUT2D eigenvalue weighted by atomic mass is 10.1. The molecular formula is C21H24O5. The van der Waals surface area contributed by atoms with E-state index in [1.807, 2.05) is 13.8 Å². The third-order valence-corrected chi connectivity index (χ3v) is 3.91. The van der Waals surface area contributed by atoms with Crippen molar-refractivity contribution in [2.24, 2.45) is 0 Å². The molecule has 2 rings (SSSR count). The quantitative estimate of drug-likeness (QED) is 0.292. The van der Waals surface area contributed by atoms with E-state index in [0.717, 1.165) is 42.6 Å². The van der Waals surface area contributed by atoms with Crippen LogP contribution in [0.1, 0.15) is 44.7 Å². The Balaban J connectivity index is 2.02. The van der Waals surface area contributed by atoms with Gasteiger partial charge in [0, 0.05) is 19.3 Å². The van der Waals surface area contributed by atoms with E-state index in [1.54, 1.807) is 43.5 Å². The molecule has 0 aromatic heterocycles. The first-order chi connectivity index (χ1) is 12.5. The minimum Gasteiger partial charge on any atom is -0.493 e. The number of rotatable bonds is 9. The van der Waals surface area contributed by atoms with Gasteiger partial charge in [0.25, 0.3) is 0 Å². The number of benzene rings is 2. The fourth-order valence-corrected chi connectivity index (χ4v) is 2.60. The lowest BCUT2D eigenvalue weighted by molar-refractivity contribution is 0.0734. The molecule has 0 fully saturated rings. The first-order valence-electron chi connectivity index (χ1n) is 8.55. The van der Waals surface area contributed by atoms with Crippen LogP contribution in [0.5, 0.6) is 11.5 Å². The molecule has 0 heterocycles. The van der Waals surface area contributed by atoms with Crippen molar-refractivity contribution in [2.45, 2.75) is 26.7 Å². The zero-order chi connectivity index (χ0) is 18.9. The van der Waals surface area contributed by atoms with Crippen LogP contribution in [0.2, 0.25) is 0 Å². The van der Waals surface area contributed by atoms with Gasteiger partial charge in [-0.2, -0.15) is 0 Å². The molecule has 0 spiro atoms. The number of ether oxygens (including phenoxy) is 3. The van der Waals surface area contributed by atoms with Crippen molar-refractivity contribution in [1.29, 1.82) is 0 Å². The molecule has 0 bridgehead atoms. The fourth-order valence-electron chi connectivity index (χ4n) is 2.60. The molecule has 2 aromatic carbocycles. The summed E-state index contributed by atoms with van der Waals surface area (Å²) < 4.78 is 16.2. The van der Waals surface area contributed by atoms with Gasteiger partial charge in [0.15, 0.2) is 0 Å². The van der Waals surface area contributed by atoms with Gasteiger partial charge in [-0.3, -0.25) is 4.79 Å². The maximum absolute atomic E-state index is 12.4. The van der Waals surface area contributed by atoms with Crippen LogP contribution >= 0.6 is 0 Å². The van der Waals surface area contributed by atoms with Crippen LogP contribution in [-0.2, 0) is 4.74 Å². The van der Waals surface area contributed by atoms with Crippen molar-refractivity contribution in [2.75, 3.05) is 20.3 Å². The molecule has 2 aromatic rings. The van der Waals surface area contributed by atoms with Crippen molar-refractivity contribution in [1.82, 2.24) is 0 Å². The van der Waals surface area contributed by atoms with E-state index < -0.39 is 5.97 Å². The highest BCUT2D eigenvalue weighted by Gasteiger charge is 2.14. The molecule has 0 saturated heterocycles. The number of aryl methyl sites for hydroxylation is 2. The van der Waals surface area contributed by atoms with E-state index in [1.165, 1.54) is 0 Å². The molecular weight excluding hydrogens is 332 g/mol. The summed E-state index contributed by atoms with van der Waals surface area (Å²) in [5.74, 6) is 0.755. The lowest BCUT2D eigenvalue weighted by Gasteiger charge is -2.14. The Hall–Kier alpha value is -2.66. The second-order valence-electron chi connectivity index (χ2n) is 6.06. The van der Waals surface area contributed by atoms with Gasteiger partial charge < -0.3 is 14.2 Å². The third-order valence-electron chi connectivity index (χ3n) is 3.91. The van der Waals surface area contributed by atoms with E-state index >= 15 is 0 Å². The molecule has 0 radical (unpaired) electrons. The van der Waals surface area contributed by atoms with Crippen LogP contribution < -0.4 is 9.47 Å². The van der Waals surface area contributed by atoms with Crippen LogP contribution in [0, 0.1) is 13.8 Å². The summed E-state index contributed by atoms with van der Waals surface area (Å²) >= 11 is 0. The standard InChI is InChI=1S/C21H24O5/c1-15-12-18(13-16(2)20(15)25-11-5-4-10-24-3)21(23)26-19-8-6-17(14-22)7-9-19/h6-9,12-14H,4-5,10-11H2,1-3H3. The third kappa shape index (κ3) is 5.43. The fraction of sp³-hybridized carbons (Fsp3) is 0.333. The SMILES string of the molecule is COCCCCOc1c(C)cc(C(=O)Oc2ccc(C=O)cc2)cc1C. The van der Waals surface area contributed by atoms with Crippen LogP contribution in [0.15, 0.2) is 36.4 Å². The highest BCUT2D eigenvalue weighted by molar-refractivity contribution is 5.92. The van der Waals surface area contributed by atoms with Gasteiger partial charge in [-0.05, 0) is 74.2 Å². The second kappa shape index (κ2) is 9.73. The van der Waals surface area contributed by atoms with E-state index in [-0.39, 0.29) is 0 Å². The van der Waals surface area contributed by atoms with Gasteiger partial charge >= 0.3 is 5.97 Å². The Morgan fingerprint density at radius 1 is 1.00 bits per heavy atom. The molecule has 0 amide bonds. The zero-order valence-corrected chi connectivity index (χ0v) is 15.4. The predicted molar refractivity (Wildman–Crippen MR) is 99.3 cm³/mol. The van der Waals surface area contributed by atoms with Gasteiger partial charge in [0.1, 0.15) is 17.8 Å². The van der Waals surface area contributed by atoms with Gasteiger partial charge in [-0.15, -0.1) is 0 Å². The molecule has 0 saturated carbocycles. The van der Waals surface area contributed by atoms with Crippen LogP contribution in [0.3, 0.4) is 0 Å². The molecule has 0 unspecified atom stereocenters. The van der Waals surface area contributed by atoms with Crippen molar-refractivity contribution < 1.29 is 23.8 Å². The number of carbonyl (C=O) groups excluding carboxylic acids is 2. The first kappa shape index (κ1) is 19.7. The topological polar surface area (TPSA) is 61.8 Å².